The van der Waals surface area contributed by atoms with Gasteiger partial charge >= 0.3 is 0 Å². The van der Waals surface area contributed by atoms with Crippen LogP contribution < -0.4 is 10.1 Å². The van der Waals surface area contributed by atoms with E-state index in [1.807, 2.05) is 6.07 Å². The van der Waals surface area contributed by atoms with E-state index in [1.54, 1.807) is 50.2 Å². The van der Waals surface area contributed by atoms with Crippen LogP contribution in [0.4, 0.5) is 5.69 Å². The number of hydrogen-bond acceptors (Lipinski definition) is 5. The molecule has 0 aromatic heterocycles. The van der Waals surface area contributed by atoms with Crippen molar-refractivity contribution in [1.29, 1.82) is 5.26 Å². The van der Waals surface area contributed by atoms with Crippen LogP contribution >= 0.6 is 0 Å². The minimum absolute atomic E-state index is 0.200. The lowest BCUT2D eigenvalue weighted by atomic mass is 10.2. The number of carbonyl (C=O) groups is 1. The van der Waals surface area contributed by atoms with Gasteiger partial charge in [-0.15, -0.1) is 0 Å². The van der Waals surface area contributed by atoms with Gasteiger partial charge in [0.05, 0.1) is 10.5 Å². The summed E-state index contributed by atoms with van der Waals surface area (Å²) in [5.41, 5.74) is 1.35. The Morgan fingerprint density at radius 3 is 2.57 bits per heavy atom. The fourth-order valence-electron chi connectivity index (χ4n) is 3.35. The molecule has 0 aliphatic carbocycles. The van der Waals surface area contributed by atoms with Crippen molar-refractivity contribution in [3.05, 3.63) is 53.6 Å². The van der Waals surface area contributed by atoms with Gasteiger partial charge in [0.15, 0.2) is 6.10 Å². The predicted octanol–water partition coefficient (Wildman–Crippen LogP) is 3.45. The van der Waals surface area contributed by atoms with Crippen LogP contribution in [0.25, 0.3) is 0 Å². The summed E-state index contributed by atoms with van der Waals surface area (Å²) in [6, 6.07) is 13.5. The standard InChI is InChI=1S/C22H25N3O4S/c1-16-10-11-19(14-21(16)30(27,28)25-12-6-3-7-13-25)24-22(26)17(2)29-20-9-5-4-8-18(20)15-23/h4-5,8-11,14,17H,3,6-7,12-13H2,1-2H3,(H,24,26). The Labute approximate surface area is 177 Å². The summed E-state index contributed by atoms with van der Waals surface area (Å²) in [6.45, 7) is 4.35. The molecule has 1 heterocycles. The number of ether oxygens (including phenoxy) is 1. The molecule has 1 saturated heterocycles. The van der Waals surface area contributed by atoms with E-state index in [0.29, 0.717) is 35.7 Å². The first kappa shape index (κ1) is 21.8. The Bertz CT molecular complexity index is 1070. The molecule has 1 atom stereocenters. The van der Waals surface area contributed by atoms with Crippen molar-refractivity contribution in [2.24, 2.45) is 0 Å². The minimum atomic E-state index is -3.61. The average molecular weight is 428 g/mol. The highest BCUT2D eigenvalue weighted by Crippen LogP contribution is 2.26. The zero-order valence-corrected chi connectivity index (χ0v) is 17.9. The smallest absolute Gasteiger partial charge is 0.265 e. The third-order valence-electron chi connectivity index (χ3n) is 5.07. The van der Waals surface area contributed by atoms with Crippen LogP contribution in [-0.2, 0) is 14.8 Å². The van der Waals surface area contributed by atoms with Gasteiger partial charge in [0.1, 0.15) is 11.8 Å². The Hall–Kier alpha value is -2.89. The van der Waals surface area contributed by atoms with Crippen LogP contribution in [0.5, 0.6) is 5.75 Å². The number of hydrogen-bond donors (Lipinski definition) is 1. The molecule has 1 aliphatic heterocycles. The van der Waals surface area contributed by atoms with Crippen molar-refractivity contribution in [2.45, 2.75) is 44.1 Å². The van der Waals surface area contributed by atoms with Gasteiger partial charge in [-0.3, -0.25) is 4.79 Å². The normalized spacial score (nSPS) is 15.8. The summed E-state index contributed by atoms with van der Waals surface area (Å²) in [7, 11) is -3.61. The molecule has 2 aromatic rings. The zero-order chi connectivity index (χ0) is 21.7. The molecule has 2 aromatic carbocycles. The van der Waals surface area contributed by atoms with E-state index in [-0.39, 0.29) is 4.90 Å². The van der Waals surface area contributed by atoms with Crippen molar-refractivity contribution in [3.8, 4) is 11.8 Å². The second kappa shape index (κ2) is 9.28. The number of aryl methyl sites for hydroxylation is 1. The molecule has 30 heavy (non-hydrogen) atoms. The highest BCUT2D eigenvalue weighted by molar-refractivity contribution is 7.89. The summed E-state index contributed by atoms with van der Waals surface area (Å²) >= 11 is 0. The van der Waals surface area contributed by atoms with Gasteiger partial charge in [0, 0.05) is 18.8 Å². The number of nitriles is 1. The van der Waals surface area contributed by atoms with Crippen molar-refractivity contribution in [1.82, 2.24) is 4.31 Å². The van der Waals surface area contributed by atoms with Crippen LogP contribution in [0.1, 0.15) is 37.3 Å². The molecular formula is C22H25N3O4S. The first-order valence-electron chi connectivity index (χ1n) is 9.90. The van der Waals surface area contributed by atoms with Crippen LogP contribution in [0.2, 0.25) is 0 Å². The first-order valence-corrected chi connectivity index (χ1v) is 11.3. The van der Waals surface area contributed by atoms with Crippen molar-refractivity contribution in [3.63, 3.8) is 0 Å². The number of amides is 1. The maximum absolute atomic E-state index is 13.0. The summed E-state index contributed by atoms with van der Waals surface area (Å²) in [5, 5.41) is 11.9. The third-order valence-corrected chi connectivity index (χ3v) is 7.11. The lowest BCUT2D eigenvalue weighted by molar-refractivity contribution is -0.122. The topological polar surface area (TPSA) is 99.5 Å². The number of rotatable bonds is 6. The van der Waals surface area contributed by atoms with Gasteiger partial charge in [-0.05, 0) is 56.5 Å². The summed E-state index contributed by atoms with van der Waals surface area (Å²) < 4.78 is 33.2. The molecule has 0 bridgehead atoms. The van der Waals surface area contributed by atoms with Crippen LogP contribution in [0.3, 0.4) is 0 Å². The fraction of sp³-hybridized carbons (Fsp3) is 0.364. The van der Waals surface area contributed by atoms with E-state index in [2.05, 4.69) is 5.32 Å². The van der Waals surface area contributed by atoms with E-state index in [4.69, 9.17) is 10.00 Å². The molecule has 0 spiro atoms. The number of anilines is 1. The summed E-state index contributed by atoms with van der Waals surface area (Å²) in [4.78, 5) is 12.8. The molecule has 1 amide bonds. The van der Waals surface area contributed by atoms with Crippen LogP contribution in [0.15, 0.2) is 47.4 Å². The van der Waals surface area contributed by atoms with E-state index < -0.39 is 22.0 Å². The highest BCUT2D eigenvalue weighted by Gasteiger charge is 2.28. The van der Waals surface area contributed by atoms with Gasteiger partial charge in [-0.25, -0.2) is 8.42 Å². The average Bonchev–Trinajstić information content (AvgIpc) is 2.75. The van der Waals surface area contributed by atoms with Crippen molar-refractivity contribution < 1.29 is 17.9 Å². The Kier molecular flexibility index (Phi) is 6.75. The second-order valence-electron chi connectivity index (χ2n) is 7.30. The number of carbonyl (C=O) groups excluding carboxylic acids is 1. The van der Waals surface area contributed by atoms with Crippen LogP contribution in [-0.4, -0.2) is 37.8 Å². The molecule has 158 valence electrons. The zero-order valence-electron chi connectivity index (χ0n) is 17.1. The van der Waals surface area contributed by atoms with E-state index in [1.165, 1.54) is 10.4 Å². The van der Waals surface area contributed by atoms with E-state index in [9.17, 15) is 13.2 Å². The number of benzene rings is 2. The quantitative estimate of drug-likeness (QED) is 0.761. The maximum atomic E-state index is 13.0. The lowest BCUT2D eigenvalue weighted by Crippen LogP contribution is -2.36. The highest BCUT2D eigenvalue weighted by atomic mass is 32.2. The molecule has 1 aliphatic rings. The van der Waals surface area contributed by atoms with Crippen molar-refractivity contribution in [2.75, 3.05) is 18.4 Å². The molecule has 8 heteroatoms. The Morgan fingerprint density at radius 1 is 1.17 bits per heavy atom. The largest absolute Gasteiger partial charge is 0.480 e. The van der Waals surface area contributed by atoms with Gasteiger partial charge < -0.3 is 10.1 Å². The number of piperidine rings is 1. The van der Waals surface area contributed by atoms with Gasteiger partial charge in [-0.2, -0.15) is 9.57 Å². The molecule has 3 rings (SSSR count). The molecule has 1 unspecified atom stereocenters. The molecule has 7 nitrogen and oxygen atoms in total. The van der Waals surface area contributed by atoms with Gasteiger partial charge in [-0.1, -0.05) is 24.6 Å². The lowest BCUT2D eigenvalue weighted by Gasteiger charge is -2.26. The number of para-hydroxylation sites is 1. The number of nitrogens with zero attached hydrogens (tertiary/aromatic N) is 2. The van der Waals surface area contributed by atoms with Crippen molar-refractivity contribution >= 4 is 21.6 Å². The maximum Gasteiger partial charge on any atom is 0.265 e. The summed E-state index contributed by atoms with van der Waals surface area (Å²) in [5.74, 6) is -0.118. The third kappa shape index (κ3) is 4.81. The summed E-state index contributed by atoms with van der Waals surface area (Å²) in [6.07, 6.45) is 1.87. The molecule has 1 fully saturated rings. The van der Waals surface area contributed by atoms with E-state index >= 15 is 0 Å². The monoisotopic (exact) mass is 427 g/mol. The minimum Gasteiger partial charge on any atom is -0.480 e. The Morgan fingerprint density at radius 2 is 1.87 bits per heavy atom. The van der Waals surface area contributed by atoms with Gasteiger partial charge in [0.2, 0.25) is 10.0 Å². The number of nitrogens with one attached hydrogen (secondary N) is 1. The van der Waals surface area contributed by atoms with Crippen LogP contribution in [0, 0.1) is 18.3 Å². The predicted molar refractivity (Wildman–Crippen MR) is 114 cm³/mol. The molecular weight excluding hydrogens is 402 g/mol. The number of sulfonamides is 1. The SMILES string of the molecule is Cc1ccc(NC(=O)C(C)Oc2ccccc2C#N)cc1S(=O)(=O)N1CCCCC1. The first-order chi connectivity index (χ1) is 14.3. The van der Waals surface area contributed by atoms with E-state index in [0.717, 1.165) is 19.3 Å². The molecule has 0 saturated carbocycles. The Balaban J connectivity index is 1.76. The fourth-order valence-corrected chi connectivity index (χ4v) is 5.12. The molecule has 0 radical (unpaired) electrons. The second-order valence-corrected chi connectivity index (χ2v) is 9.21. The van der Waals surface area contributed by atoms with Gasteiger partial charge in [0.25, 0.3) is 5.91 Å². The molecule has 1 N–H and O–H groups in total.